The molecule has 0 radical (unpaired) electrons. The van der Waals surface area contributed by atoms with E-state index in [-0.39, 0.29) is 18.3 Å². The standard InChI is InChI=1S/C15H14FN3O2/c16-13-6-4-11(5-7-13)15(20)18-9-10-2-1-3-12(8-10)14(17)19-21/h1-8,21H,9H2,(H2,17,19)(H,18,20). The van der Waals surface area contributed by atoms with Crippen molar-refractivity contribution in [2.45, 2.75) is 6.54 Å². The van der Waals surface area contributed by atoms with E-state index in [1.54, 1.807) is 24.3 Å². The molecule has 6 heteroatoms. The van der Waals surface area contributed by atoms with E-state index in [1.165, 1.54) is 24.3 Å². The maximum atomic E-state index is 12.8. The van der Waals surface area contributed by atoms with Gasteiger partial charge in [-0.05, 0) is 35.9 Å². The van der Waals surface area contributed by atoms with Crippen molar-refractivity contribution < 1.29 is 14.4 Å². The number of hydrogen-bond donors (Lipinski definition) is 3. The topological polar surface area (TPSA) is 87.7 Å². The number of rotatable bonds is 4. The number of carbonyl (C=O) groups excluding carboxylic acids is 1. The zero-order valence-electron chi connectivity index (χ0n) is 11.1. The smallest absolute Gasteiger partial charge is 0.251 e. The molecule has 21 heavy (non-hydrogen) atoms. The first kappa shape index (κ1) is 14.5. The van der Waals surface area contributed by atoms with Gasteiger partial charge in [-0.2, -0.15) is 0 Å². The molecule has 4 N–H and O–H groups in total. The van der Waals surface area contributed by atoms with Crippen LogP contribution in [0.1, 0.15) is 21.5 Å². The van der Waals surface area contributed by atoms with Crippen molar-refractivity contribution in [3.63, 3.8) is 0 Å². The predicted molar refractivity (Wildman–Crippen MR) is 76.5 cm³/mol. The van der Waals surface area contributed by atoms with Gasteiger partial charge < -0.3 is 16.3 Å². The summed E-state index contributed by atoms with van der Waals surface area (Å²) in [7, 11) is 0. The fourth-order valence-corrected chi connectivity index (χ4v) is 1.78. The van der Waals surface area contributed by atoms with Crippen LogP contribution in [0.25, 0.3) is 0 Å². The van der Waals surface area contributed by atoms with Crippen LogP contribution >= 0.6 is 0 Å². The van der Waals surface area contributed by atoms with Gasteiger partial charge in [0.2, 0.25) is 0 Å². The van der Waals surface area contributed by atoms with Crippen molar-refractivity contribution in [3.8, 4) is 0 Å². The molecule has 0 atom stereocenters. The quantitative estimate of drug-likeness (QED) is 0.347. The summed E-state index contributed by atoms with van der Waals surface area (Å²) in [5.74, 6) is -0.691. The fraction of sp³-hybridized carbons (Fsp3) is 0.0667. The normalized spacial score (nSPS) is 11.2. The summed E-state index contributed by atoms with van der Waals surface area (Å²) in [6.45, 7) is 0.281. The highest BCUT2D eigenvalue weighted by Gasteiger charge is 2.06. The van der Waals surface area contributed by atoms with Crippen molar-refractivity contribution in [2.24, 2.45) is 10.9 Å². The molecule has 2 rings (SSSR count). The number of hydrogen-bond acceptors (Lipinski definition) is 3. The molecule has 108 valence electrons. The molecule has 0 spiro atoms. The Kier molecular flexibility index (Phi) is 4.50. The molecule has 0 saturated carbocycles. The molecule has 0 aromatic heterocycles. The Bertz CT molecular complexity index is 669. The van der Waals surface area contributed by atoms with E-state index in [4.69, 9.17) is 10.9 Å². The first-order valence-electron chi connectivity index (χ1n) is 6.21. The number of nitrogens with one attached hydrogen (secondary N) is 1. The molecular formula is C15H14FN3O2. The van der Waals surface area contributed by atoms with E-state index in [9.17, 15) is 9.18 Å². The van der Waals surface area contributed by atoms with Crippen LogP contribution in [-0.4, -0.2) is 17.0 Å². The Morgan fingerprint density at radius 3 is 2.57 bits per heavy atom. The first-order chi connectivity index (χ1) is 10.1. The Balaban J connectivity index is 2.03. The van der Waals surface area contributed by atoms with E-state index >= 15 is 0 Å². The second-order valence-corrected chi connectivity index (χ2v) is 4.38. The molecule has 0 heterocycles. The summed E-state index contributed by atoms with van der Waals surface area (Å²) in [5, 5.41) is 14.3. The SMILES string of the molecule is NC(=NO)c1cccc(CNC(=O)c2ccc(F)cc2)c1. The highest BCUT2D eigenvalue weighted by molar-refractivity contribution is 5.97. The average Bonchev–Trinajstić information content (AvgIpc) is 2.52. The summed E-state index contributed by atoms with van der Waals surface area (Å²) >= 11 is 0. The Labute approximate surface area is 120 Å². The molecule has 0 aliphatic heterocycles. The van der Waals surface area contributed by atoms with Crippen LogP contribution in [0.4, 0.5) is 4.39 Å². The van der Waals surface area contributed by atoms with Gasteiger partial charge in [-0.3, -0.25) is 4.79 Å². The predicted octanol–water partition coefficient (Wildman–Crippen LogP) is 1.85. The molecule has 2 aromatic rings. The zero-order valence-corrected chi connectivity index (χ0v) is 11.1. The third kappa shape index (κ3) is 3.79. The van der Waals surface area contributed by atoms with E-state index < -0.39 is 5.82 Å². The van der Waals surface area contributed by atoms with Gasteiger partial charge in [0.05, 0.1) is 0 Å². The minimum absolute atomic E-state index is 0.00158. The largest absolute Gasteiger partial charge is 0.409 e. The Morgan fingerprint density at radius 1 is 1.19 bits per heavy atom. The molecule has 5 nitrogen and oxygen atoms in total. The van der Waals surface area contributed by atoms with Gasteiger partial charge in [0.25, 0.3) is 5.91 Å². The van der Waals surface area contributed by atoms with Crippen molar-refractivity contribution in [1.29, 1.82) is 0 Å². The number of carbonyl (C=O) groups is 1. The Morgan fingerprint density at radius 2 is 1.90 bits per heavy atom. The molecule has 1 amide bonds. The van der Waals surface area contributed by atoms with Gasteiger partial charge in [-0.1, -0.05) is 23.4 Å². The summed E-state index contributed by atoms with van der Waals surface area (Å²) < 4.78 is 12.8. The van der Waals surface area contributed by atoms with Gasteiger partial charge in [0, 0.05) is 17.7 Å². The van der Waals surface area contributed by atoms with Gasteiger partial charge in [0.1, 0.15) is 5.82 Å². The summed E-state index contributed by atoms with van der Waals surface area (Å²) in [4.78, 5) is 11.9. The van der Waals surface area contributed by atoms with Crippen LogP contribution in [-0.2, 0) is 6.54 Å². The number of halogens is 1. The third-order valence-corrected chi connectivity index (χ3v) is 2.89. The molecule has 0 fully saturated rings. The van der Waals surface area contributed by atoms with Crippen LogP contribution < -0.4 is 11.1 Å². The molecule has 0 saturated heterocycles. The molecule has 0 aliphatic carbocycles. The van der Waals surface area contributed by atoms with Crippen LogP contribution in [0.15, 0.2) is 53.7 Å². The van der Waals surface area contributed by atoms with Crippen LogP contribution in [0.5, 0.6) is 0 Å². The fourth-order valence-electron chi connectivity index (χ4n) is 1.78. The third-order valence-electron chi connectivity index (χ3n) is 2.89. The summed E-state index contributed by atoms with van der Waals surface area (Å²) in [6.07, 6.45) is 0. The van der Waals surface area contributed by atoms with E-state index in [0.29, 0.717) is 11.1 Å². The van der Waals surface area contributed by atoms with Crippen LogP contribution in [0.3, 0.4) is 0 Å². The number of amidine groups is 1. The lowest BCUT2D eigenvalue weighted by atomic mass is 10.1. The second-order valence-electron chi connectivity index (χ2n) is 4.38. The van der Waals surface area contributed by atoms with Crippen molar-refractivity contribution in [3.05, 3.63) is 71.0 Å². The van der Waals surface area contributed by atoms with Crippen LogP contribution in [0, 0.1) is 5.82 Å². The average molecular weight is 287 g/mol. The Hall–Kier alpha value is -2.89. The highest BCUT2D eigenvalue weighted by Crippen LogP contribution is 2.06. The van der Waals surface area contributed by atoms with Crippen LogP contribution in [0.2, 0.25) is 0 Å². The lowest BCUT2D eigenvalue weighted by Crippen LogP contribution is -2.23. The maximum Gasteiger partial charge on any atom is 0.251 e. The second kappa shape index (κ2) is 6.51. The molecule has 2 aromatic carbocycles. The maximum absolute atomic E-state index is 12.8. The minimum atomic E-state index is -0.391. The van der Waals surface area contributed by atoms with E-state index in [2.05, 4.69) is 10.5 Å². The lowest BCUT2D eigenvalue weighted by molar-refractivity contribution is 0.0951. The lowest BCUT2D eigenvalue weighted by Gasteiger charge is -2.07. The summed E-state index contributed by atoms with van der Waals surface area (Å²) in [5.41, 5.74) is 7.24. The van der Waals surface area contributed by atoms with E-state index in [1.807, 2.05) is 0 Å². The number of benzene rings is 2. The highest BCUT2D eigenvalue weighted by atomic mass is 19.1. The number of nitrogens with two attached hydrogens (primary N) is 1. The van der Waals surface area contributed by atoms with Gasteiger partial charge in [-0.15, -0.1) is 0 Å². The van der Waals surface area contributed by atoms with Gasteiger partial charge >= 0.3 is 0 Å². The van der Waals surface area contributed by atoms with Gasteiger partial charge in [-0.25, -0.2) is 4.39 Å². The number of nitrogens with zero attached hydrogens (tertiary/aromatic N) is 1. The monoisotopic (exact) mass is 287 g/mol. The number of amides is 1. The van der Waals surface area contributed by atoms with Gasteiger partial charge in [0.15, 0.2) is 5.84 Å². The molecule has 0 bridgehead atoms. The minimum Gasteiger partial charge on any atom is -0.409 e. The van der Waals surface area contributed by atoms with E-state index in [0.717, 1.165) is 5.56 Å². The molecule has 0 unspecified atom stereocenters. The van der Waals surface area contributed by atoms with Crippen molar-refractivity contribution in [2.75, 3.05) is 0 Å². The number of oxime groups is 1. The zero-order chi connectivity index (χ0) is 15.2. The first-order valence-corrected chi connectivity index (χ1v) is 6.21. The summed E-state index contributed by atoms with van der Waals surface area (Å²) in [6, 6.07) is 12.2. The van der Waals surface area contributed by atoms with Crippen molar-refractivity contribution in [1.82, 2.24) is 5.32 Å². The van der Waals surface area contributed by atoms with Crippen molar-refractivity contribution >= 4 is 11.7 Å². The molecular weight excluding hydrogens is 273 g/mol. The molecule has 0 aliphatic rings.